The van der Waals surface area contributed by atoms with Crippen LogP contribution in [-0.4, -0.2) is 34.6 Å². The van der Waals surface area contributed by atoms with Gasteiger partial charge in [-0.25, -0.2) is 0 Å². The van der Waals surface area contributed by atoms with E-state index in [0.29, 0.717) is 20.3 Å². The second-order valence-corrected chi connectivity index (χ2v) is 23.3. The summed E-state index contributed by atoms with van der Waals surface area (Å²) in [5.74, 6) is 5.91. The predicted octanol–water partition coefficient (Wildman–Crippen LogP) is 6.79. The predicted molar refractivity (Wildman–Crippen MR) is 106 cm³/mol. The summed E-state index contributed by atoms with van der Waals surface area (Å²) >= 11 is -2.52. The van der Waals surface area contributed by atoms with Crippen LogP contribution >= 0.6 is 0 Å². The van der Waals surface area contributed by atoms with E-state index in [1.54, 1.807) is 0 Å². The third-order valence-electron chi connectivity index (χ3n) is 4.93. The van der Waals surface area contributed by atoms with Crippen molar-refractivity contribution < 1.29 is 3.76 Å². The van der Waals surface area contributed by atoms with Gasteiger partial charge in [-0.05, 0) is 0 Å². The summed E-state index contributed by atoms with van der Waals surface area (Å²) in [6.07, 6.45) is 1.27. The molecule has 3 heteroatoms. The van der Waals surface area contributed by atoms with Crippen LogP contribution in [0.1, 0.15) is 75.7 Å². The van der Waals surface area contributed by atoms with Crippen molar-refractivity contribution >= 4 is 29.0 Å². The molecule has 132 valence electrons. The standard InChI is InChI=1S/C19H42Ge2O/c1-15(2)19(16(3)4,22-20(11)12)13-14-21(17(5,6)7)18(8,9)10/h15-16H,13-14H2,1-12H3. The summed E-state index contributed by atoms with van der Waals surface area (Å²) in [5.41, 5.74) is 0.105. The van der Waals surface area contributed by atoms with Gasteiger partial charge in [-0.3, -0.25) is 0 Å². The van der Waals surface area contributed by atoms with E-state index in [0.717, 1.165) is 0 Å². The Labute approximate surface area is 150 Å². The topological polar surface area (TPSA) is 9.23 Å². The van der Waals surface area contributed by atoms with E-state index >= 15 is 0 Å². The van der Waals surface area contributed by atoms with Crippen molar-refractivity contribution in [2.24, 2.45) is 11.8 Å². The van der Waals surface area contributed by atoms with Gasteiger partial charge in [-0.15, -0.1) is 0 Å². The average molecular weight is 432 g/mol. The van der Waals surface area contributed by atoms with Gasteiger partial charge in [0, 0.05) is 0 Å². The van der Waals surface area contributed by atoms with Crippen molar-refractivity contribution in [3.63, 3.8) is 0 Å². The van der Waals surface area contributed by atoms with Crippen LogP contribution in [0.5, 0.6) is 0 Å². The molecule has 0 atom stereocenters. The fourth-order valence-electron chi connectivity index (χ4n) is 4.11. The zero-order chi connectivity index (χ0) is 17.9. The summed E-state index contributed by atoms with van der Waals surface area (Å²) in [6.45, 7) is 24.3. The van der Waals surface area contributed by atoms with E-state index < -0.39 is 29.0 Å². The molecule has 22 heavy (non-hydrogen) atoms. The Morgan fingerprint density at radius 2 is 1.14 bits per heavy atom. The first kappa shape index (κ1) is 23.0. The Morgan fingerprint density at radius 3 is 1.36 bits per heavy atom. The van der Waals surface area contributed by atoms with Crippen LogP contribution in [0.25, 0.3) is 0 Å². The van der Waals surface area contributed by atoms with Gasteiger partial charge in [0.05, 0.1) is 0 Å². The maximum absolute atomic E-state index is 6.73. The molecule has 0 aromatic carbocycles. The first-order valence-corrected chi connectivity index (χ1v) is 17.6. The molecule has 0 aliphatic rings. The molecule has 0 aromatic heterocycles. The average Bonchev–Trinajstić information content (AvgIpc) is 2.22. The summed E-state index contributed by atoms with van der Waals surface area (Å²) in [4.78, 5) is 0. The normalized spacial score (nSPS) is 14.7. The summed E-state index contributed by atoms with van der Waals surface area (Å²) in [7, 11) is 0. The van der Waals surface area contributed by atoms with E-state index in [-0.39, 0.29) is 5.60 Å². The fraction of sp³-hybridized carbons (Fsp3) is 1.00. The molecule has 0 rings (SSSR count). The number of hydrogen-bond donors (Lipinski definition) is 0. The molecule has 0 unspecified atom stereocenters. The van der Waals surface area contributed by atoms with Crippen LogP contribution in [0, 0.1) is 11.8 Å². The number of hydrogen-bond acceptors (Lipinski definition) is 1. The maximum atomic E-state index is 6.73. The van der Waals surface area contributed by atoms with E-state index in [9.17, 15) is 0 Å². The van der Waals surface area contributed by atoms with Gasteiger partial charge < -0.3 is 0 Å². The molecular formula is C19H42Ge2O. The first-order valence-electron chi connectivity index (χ1n) is 9.00. The third-order valence-corrected chi connectivity index (χ3v) is 15.8. The van der Waals surface area contributed by atoms with Gasteiger partial charge in [0.1, 0.15) is 0 Å². The van der Waals surface area contributed by atoms with Gasteiger partial charge in [-0.2, -0.15) is 0 Å². The molecule has 0 bridgehead atoms. The summed E-state index contributed by atoms with van der Waals surface area (Å²) in [5, 5.41) is 1.43. The molecule has 0 fully saturated rings. The Bertz CT molecular complexity index is 299. The monoisotopic (exact) mass is 434 g/mol. The van der Waals surface area contributed by atoms with Crippen molar-refractivity contribution in [2.75, 3.05) is 0 Å². The van der Waals surface area contributed by atoms with E-state index in [1.165, 1.54) is 11.7 Å². The van der Waals surface area contributed by atoms with Gasteiger partial charge in [0.25, 0.3) is 0 Å². The van der Waals surface area contributed by atoms with Crippen molar-refractivity contribution in [3.8, 4) is 0 Å². The quantitative estimate of drug-likeness (QED) is 0.403. The van der Waals surface area contributed by atoms with Gasteiger partial charge in [-0.1, -0.05) is 0 Å². The molecule has 0 aromatic rings. The minimum absolute atomic E-state index is 0.105. The second kappa shape index (κ2) is 8.42. The van der Waals surface area contributed by atoms with Crippen molar-refractivity contribution in [2.45, 2.75) is 107 Å². The summed E-state index contributed by atoms with van der Waals surface area (Å²) < 4.78 is 7.75. The molecule has 0 spiro atoms. The van der Waals surface area contributed by atoms with Crippen LogP contribution in [0.4, 0.5) is 0 Å². The van der Waals surface area contributed by atoms with Crippen LogP contribution in [-0.2, 0) is 3.76 Å². The molecule has 1 nitrogen and oxygen atoms in total. The zero-order valence-electron chi connectivity index (χ0n) is 17.5. The van der Waals surface area contributed by atoms with E-state index in [1.807, 2.05) is 0 Å². The van der Waals surface area contributed by atoms with Gasteiger partial charge in [0.2, 0.25) is 0 Å². The van der Waals surface area contributed by atoms with Gasteiger partial charge in [0.15, 0.2) is 0 Å². The molecule has 0 aliphatic carbocycles. The Kier molecular flexibility index (Phi) is 8.82. The molecule has 0 heterocycles. The zero-order valence-corrected chi connectivity index (χ0v) is 21.7. The van der Waals surface area contributed by atoms with E-state index in [2.05, 4.69) is 80.7 Å². The van der Waals surface area contributed by atoms with Crippen molar-refractivity contribution in [1.29, 1.82) is 0 Å². The fourth-order valence-corrected chi connectivity index (χ4v) is 16.1. The molecular weight excluding hydrogens is 389 g/mol. The Morgan fingerprint density at radius 1 is 0.773 bits per heavy atom. The Balaban J connectivity index is 5.40. The van der Waals surface area contributed by atoms with E-state index in [4.69, 9.17) is 3.76 Å². The van der Waals surface area contributed by atoms with Crippen molar-refractivity contribution in [3.05, 3.63) is 0 Å². The SMILES string of the molecule is CC(C)C(C[CH2][Ge]([C](C)(C)C)[C](C)(C)C)([O][Ge]([CH3])[CH3])C(C)C. The van der Waals surface area contributed by atoms with Crippen LogP contribution in [0.2, 0.25) is 25.3 Å². The molecule has 0 N–H and O–H groups in total. The summed E-state index contributed by atoms with van der Waals surface area (Å²) in [6, 6.07) is 0. The third kappa shape index (κ3) is 6.51. The second-order valence-electron chi connectivity index (χ2n) is 9.75. The Hall–Kier alpha value is 1.05. The molecule has 0 amide bonds. The molecule has 0 saturated carbocycles. The minimum atomic E-state index is -1.30. The number of rotatable bonds is 7. The van der Waals surface area contributed by atoms with Crippen LogP contribution < -0.4 is 0 Å². The molecule has 0 saturated heterocycles. The molecule has 0 aliphatic heterocycles. The molecule has 2 radical (unpaired) electrons. The van der Waals surface area contributed by atoms with Gasteiger partial charge >= 0.3 is 151 Å². The van der Waals surface area contributed by atoms with Crippen molar-refractivity contribution in [1.82, 2.24) is 0 Å². The van der Waals surface area contributed by atoms with Crippen LogP contribution in [0.15, 0.2) is 0 Å². The van der Waals surface area contributed by atoms with Crippen LogP contribution in [0.3, 0.4) is 0 Å². The first-order chi connectivity index (χ1) is 9.64.